The maximum absolute atomic E-state index is 11.5. The Kier molecular flexibility index (Phi) is 3.18. The van der Waals surface area contributed by atoms with Crippen LogP contribution in [0.25, 0.3) is 0 Å². The summed E-state index contributed by atoms with van der Waals surface area (Å²) in [4.78, 5) is 4.19. The molecule has 0 spiro atoms. The van der Waals surface area contributed by atoms with Crippen molar-refractivity contribution in [2.24, 2.45) is 0 Å². The topological polar surface area (TPSA) is 64.0 Å². The van der Waals surface area contributed by atoms with Gasteiger partial charge in [0.2, 0.25) is 5.95 Å². The Morgan fingerprint density at radius 2 is 2.44 bits per heavy atom. The fraction of sp³-hybridized carbons (Fsp3) is 0.700. The number of rotatable bonds is 3. The molecule has 0 aliphatic carbocycles. The summed E-state index contributed by atoms with van der Waals surface area (Å²) >= 11 is 0. The Balaban J connectivity index is 2.05. The average Bonchev–Trinajstić information content (AvgIpc) is 2.63. The number of sulfone groups is 1. The molecule has 5 nitrogen and oxygen atoms in total. The molecule has 0 amide bonds. The number of aryl methyl sites for hydroxylation is 1. The fourth-order valence-corrected chi connectivity index (χ4v) is 3.66. The van der Waals surface area contributed by atoms with E-state index in [1.54, 1.807) is 6.20 Å². The smallest absolute Gasteiger partial charge is 0.203 e. The van der Waals surface area contributed by atoms with Gasteiger partial charge in [-0.15, -0.1) is 0 Å². The minimum absolute atomic E-state index is 0.00597. The highest BCUT2D eigenvalue weighted by Crippen LogP contribution is 2.16. The molecule has 1 unspecified atom stereocenters. The van der Waals surface area contributed by atoms with Crippen LogP contribution in [0.1, 0.15) is 19.8 Å². The molecule has 2 rings (SSSR count). The van der Waals surface area contributed by atoms with Gasteiger partial charge in [-0.25, -0.2) is 13.4 Å². The molecule has 1 atom stereocenters. The van der Waals surface area contributed by atoms with Crippen molar-refractivity contribution in [3.63, 3.8) is 0 Å². The number of hydrogen-bond acceptors (Lipinski definition) is 4. The van der Waals surface area contributed by atoms with E-state index in [-0.39, 0.29) is 11.8 Å². The van der Waals surface area contributed by atoms with Crippen molar-refractivity contribution in [1.82, 2.24) is 9.55 Å². The van der Waals surface area contributed by atoms with Crippen LogP contribution in [0.4, 0.5) is 5.95 Å². The SMILES string of the molecule is CCn1ccnc1NC1CCCS(=O)(=O)C1. The molecule has 1 aliphatic heterocycles. The molecule has 16 heavy (non-hydrogen) atoms. The van der Waals surface area contributed by atoms with Crippen molar-refractivity contribution >= 4 is 15.8 Å². The normalized spacial score (nSPS) is 24.2. The predicted octanol–water partition coefficient (Wildman–Crippen LogP) is 0.892. The molecule has 1 aromatic rings. The number of nitrogens with one attached hydrogen (secondary N) is 1. The first-order valence-electron chi connectivity index (χ1n) is 5.59. The first kappa shape index (κ1) is 11.4. The van der Waals surface area contributed by atoms with Gasteiger partial charge in [-0.2, -0.15) is 0 Å². The summed E-state index contributed by atoms with van der Waals surface area (Å²) in [6.07, 6.45) is 5.26. The lowest BCUT2D eigenvalue weighted by Gasteiger charge is -2.23. The van der Waals surface area contributed by atoms with E-state index in [2.05, 4.69) is 10.3 Å². The quantitative estimate of drug-likeness (QED) is 0.856. The third kappa shape index (κ3) is 2.55. The first-order valence-corrected chi connectivity index (χ1v) is 7.41. The molecule has 2 heterocycles. The Bertz CT molecular complexity index is 452. The van der Waals surface area contributed by atoms with Gasteiger partial charge in [0.15, 0.2) is 9.84 Å². The van der Waals surface area contributed by atoms with Crippen LogP contribution in [-0.2, 0) is 16.4 Å². The van der Waals surface area contributed by atoms with Crippen LogP contribution >= 0.6 is 0 Å². The second kappa shape index (κ2) is 4.45. The number of aromatic nitrogens is 2. The fourth-order valence-electron chi connectivity index (χ4n) is 2.02. The van der Waals surface area contributed by atoms with E-state index in [4.69, 9.17) is 0 Å². The van der Waals surface area contributed by atoms with Gasteiger partial charge < -0.3 is 9.88 Å². The second-order valence-electron chi connectivity index (χ2n) is 4.13. The predicted molar refractivity (Wildman–Crippen MR) is 63.2 cm³/mol. The van der Waals surface area contributed by atoms with E-state index in [1.807, 2.05) is 17.7 Å². The molecule has 0 saturated carbocycles. The summed E-state index contributed by atoms with van der Waals surface area (Å²) in [7, 11) is -2.85. The van der Waals surface area contributed by atoms with Gasteiger partial charge in [-0.05, 0) is 19.8 Å². The molecular weight excluding hydrogens is 226 g/mol. The van der Waals surface area contributed by atoms with Crippen LogP contribution in [0.3, 0.4) is 0 Å². The number of hydrogen-bond donors (Lipinski definition) is 1. The summed E-state index contributed by atoms with van der Waals surface area (Å²) in [5.41, 5.74) is 0. The summed E-state index contributed by atoms with van der Waals surface area (Å²) < 4.78 is 24.9. The Hall–Kier alpha value is -1.04. The van der Waals surface area contributed by atoms with Crippen molar-refractivity contribution in [3.05, 3.63) is 12.4 Å². The molecule has 0 aromatic carbocycles. The monoisotopic (exact) mass is 243 g/mol. The molecule has 1 N–H and O–H groups in total. The second-order valence-corrected chi connectivity index (χ2v) is 6.36. The van der Waals surface area contributed by atoms with Crippen molar-refractivity contribution in [2.75, 3.05) is 16.8 Å². The van der Waals surface area contributed by atoms with E-state index in [0.29, 0.717) is 5.75 Å². The summed E-state index contributed by atoms with van der Waals surface area (Å²) in [5.74, 6) is 1.32. The van der Waals surface area contributed by atoms with Gasteiger partial charge in [0, 0.05) is 25.0 Å². The highest BCUT2D eigenvalue weighted by molar-refractivity contribution is 7.91. The van der Waals surface area contributed by atoms with Gasteiger partial charge in [0.1, 0.15) is 0 Å². The zero-order valence-corrected chi connectivity index (χ0v) is 10.2. The largest absolute Gasteiger partial charge is 0.352 e. The molecule has 1 aromatic heterocycles. The number of anilines is 1. The van der Waals surface area contributed by atoms with Crippen LogP contribution in [0.2, 0.25) is 0 Å². The van der Waals surface area contributed by atoms with Crippen LogP contribution in [0, 0.1) is 0 Å². The van der Waals surface area contributed by atoms with Gasteiger partial charge in [0.05, 0.1) is 11.5 Å². The zero-order valence-electron chi connectivity index (χ0n) is 9.39. The summed E-state index contributed by atoms with van der Waals surface area (Å²) in [5, 5.41) is 3.21. The summed E-state index contributed by atoms with van der Waals surface area (Å²) in [6, 6.07) is 0.00597. The first-order chi connectivity index (χ1) is 7.61. The highest BCUT2D eigenvalue weighted by Gasteiger charge is 2.25. The van der Waals surface area contributed by atoms with Crippen LogP contribution in [0.15, 0.2) is 12.4 Å². The molecule has 1 aliphatic rings. The lowest BCUT2D eigenvalue weighted by atomic mass is 10.2. The number of imidazole rings is 1. The van der Waals surface area contributed by atoms with Crippen LogP contribution in [0.5, 0.6) is 0 Å². The number of nitrogens with zero attached hydrogens (tertiary/aromatic N) is 2. The molecular formula is C10H17N3O2S. The molecule has 0 radical (unpaired) electrons. The van der Waals surface area contributed by atoms with Gasteiger partial charge in [-0.3, -0.25) is 0 Å². The molecule has 6 heteroatoms. The maximum atomic E-state index is 11.5. The van der Waals surface area contributed by atoms with E-state index in [9.17, 15) is 8.42 Å². The standard InChI is InChI=1S/C10H17N3O2S/c1-2-13-6-5-11-10(13)12-9-4-3-7-16(14,15)8-9/h5-6,9H,2-4,7-8H2,1H3,(H,11,12). The van der Waals surface area contributed by atoms with Gasteiger partial charge in [0.25, 0.3) is 0 Å². The van der Waals surface area contributed by atoms with Crippen molar-refractivity contribution in [2.45, 2.75) is 32.4 Å². The average molecular weight is 243 g/mol. The molecule has 1 saturated heterocycles. The van der Waals surface area contributed by atoms with Crippen molar-refractivity contribution < 1.29 is 8.42 Å². The van der Waals surface area contributed by atoms with Crippen molar-refractivity contribution in [1.29, 1.82) is 0 Å². The lowest BCUT2D eigenvalue weighted by Crippen LogP contribution is -2.35. The van der Waals surface area contributed by atoms with E-state index < -0.39 is 9.84 Å². The Morgan fingerprint density at radius 3 is 3.12 bits per heavy atom. The minimum Gasteiger partial charge on any atom is -0.352 e. The van der Waals surface area contributed by atoms with E-state index in [0.717, 1.165) is 25.3 Å². The van der Waals surface area contributed by atoms with Gasteiger partial charge >= 0.3 is 0 Å². The minimum atomic E-state index is -2.85. The van der Waals surface area contributed by atoms with E-state index >= 15 is 0 Å². The maximum Gasteiger partial charge on any atom is 0.203 e. The summed E-state index contributed by atoms with van der Waals surface area (Å²) in [6.45, 7) is 2.87. The third-order valence-electron chi connectivity index (χ3n) is 2.85. The van der Waals surface area contributed by atoms with E-state index in [1.165, 1.54) is 0 Å². The lowest BCUT2D eigenvalue weighted by molar-refractivity contribution is 0.559. The zero-order chi connectivity index (χ0) is 11.6. The molecule has 1 fully saturated rings. The van der Waals surface area contributed by atoms with Crippen LogP contribution < -0.4 is 5.32 Å². The Labute approximate surface area is 95.8 Å². The van der Waals surface area contributed by atoms with Crippen LogP contribution in [-0.4, -0.2) is 35.5 Å². The molecule has 90 valence electrons. The van der Waals surface area contributed by atoms with Crippen molar-refractivity contribution in [3.8, 4) is 0 Å². The highest BCUT2D eigenvalue weighted by atomic mass is 32.2. The van der Waals surface area contributed by atoms with Gasteiger partial charge in [-0.1, -0.05) is 0 Å². The molecule has 0 bridgehead atoms. The third-order valence-corrected chi connectivity index (χ3v) is 4.67. The Morgan fingerprint density at radius 1 is 1.62 bits per heavy atom.